The van der Waals surface area contributed by atoms with Crippen LogP contribution < -0.4 is 4.90 Å². The molecule has 0 radical (unpaired) electrons. The first kappa shape index (κ1) is 17.7. The molecule has 0 unspecified atom stereocenters. The van der Waals surface area contributed by atoms with Crippen molar-refractivity contribution in [2.75, 3.05) is 31.1 Å². The number of halogens is 1. The van der Waals surface area contributed by atoms with Gasteiger partial charge in [-0.2, -0.15) is 5.10 Å². The number of carbonyl (C=O) groups excluding carboxylic acids is 1. The number of anilines is 1. The molecular weight excluding hydrogens is 365 g/mol. The minimum Gasteiger partial charge on any atom is -0.368 e. The van der Waals surface area contributed by atoms with E-state index in [0.717, 1.165) is 27.0 Å². The van der Waals surface area contributed by atoms with Gasteiger partial charge in [-0.25, -0.2) is 9.37 Å². The van der Waals surface area contributed by atoms with E-state index in [2.05, 4.69) is 20.1 Å². The van der Waals surface area contributed by atoms with Crippen LogP contribution in [0.25, 0.3) is 10.6 Å². The number of hydrogen-bond donors (Lipinski definition) is 1. The maximum Gasteiger partial charge on any atom is 0.274 e. The molecular formula is C19H20FN5OS. The number of hydrogen-bond acceptors (Lipinski definition) is 5. The molecule has 8 heteroatoms. The van der Waals surface area contributed by atoms with Crippen molar-refractivity contribution >= 4 is 22.9 Å². The molecule has 27 heavy (non-hydrogen) atoms. The number of aromatic nitrogens is 3. The van der Waals surface area contributed by atoms with Gasteiger partial charge in [0.15, 0.2) is 5.69 Å². The molecule has 1 amide bonds. The summed E-state index contributed by atoms with van der Waals surface area (Å²) in [7, 11) is 0. The Morgan fingerprint density at radius 1 is 1.15 bits per heavy atom. The first-order valence-corrected chi connectivity index (χ1v) is 9.62. The zero-order chi connectivity index (χ0) is 19.0. The maximum absolute atomic E-state index is 13.1. The fraction of sp³-hybridized carbons (Fsp3) is 0.316. The molecule has 3 heterocycles. The van der Waals surface area contributed by atoms with E-state index in [1.165, 1.54) is 12.1 Å². The second-order valence-corrected chi connectivity index (χ2v) is 7.77. The number of carbonyl (C=O) groups is 1. The number of aromatic amines is 1. The molecule has 0 bridgehead atoms. The quantitative estimate of drug-likeness (QED) is 0.752. The van der Waals surface area contributed by atoms with E-state index in [-0.39, 0.29) is 11.7 Å². The van der Waals surface area contributed by atoms with E-state index in [0.29, 0.717) is 31.9 Å². The highest BCUT2D eigenvalue weighted by molar-refractivity contribution is 7.15. The van der Waals surface area contributed by atoms with Crippen LogP contribution in [0.5, 0.6) is 0 Å². The smallest absolute Gasteiger partial charge is 0.274 e. The topological polar surface area (TPSA) is 65.1 Å². The number of nitrogens with zero attached hydrogens (tertiary/aromatic N) is 4. The molecule has 2 aromatic heterocycles. The van der Waals surface area contributed by atoms with Crippen LogP contribution in [0.15, 0.2) is 30.3 Å². The molecule has 0 spiro atoms. The minimum absolute atomic E-state index is 0.0739. The largest absolute Gasteiger partial charge is 0.368 e. The standard InChI is InChI=1S/C19H20FN5OS/c1-12-18(27-13(2)21-12)16-11-17(23-22-16)19(26)25-9-7-24(8-10-25)15-5-3-14(20)4-6-15/h3-6,11H,7-10H2,1-2H3,(H,22,23). The third kappa shape index (κ3) is 3.57. The first-order chi connectivity index (χ1) is 13.0. The summed E-state index contributed by atoms with van der Waals surface area (Å²) in [6.45, 7) is 6.55. The number of H-pyrrole nitrogens is 1. The van der Waals surface area contributed by atoms with Gasteiger partial charge in [0.1, 0.15) is 5.82 Å². The summed E-state index contributed by atoms with van der Waals surface area (Å²) < 4.78 is 13.1. The average Bonchev–Trinajstić information content (AvgIpc) is 3.28. The number of amides is 1. The Kier molecular flexibility index (Phi) is 4.65. The molecule has 1 N–H and O–H groups in total. The summed E-state index contributed by atoms with van der Waals surface area (Å²) in [6.07, 6.45) is 0. The van der Waals surface area contributed by atoms with E-state index in [1.807, 2.05) is 18.7 Å². The summed E-state index contributed by atoms with van der Waals surface area (Å²) in [4.78, 5) is 22.2. The van der Waals surface area contributed by atoms with Gasteiger partial charge in [-0.1, -0.05) is 0 Å². The van der Waals surface area contributed by atoms with Gasteiger partial charge >= 0.3 is 0 Å². The summed E-state index contributed by atoms with van der Waals surface area (Å²) in [6, 6.07) is 8.26. The molecule has 1 fully saturated rings. The fourth-order valence-corrected chi connectivity index (χ4v) is 4.20. The Labute approximate surface area is 160 Å². The Morgan fingerprint density at radius 3 is 2.48 bits per heavy atom. The number of benzene rings is 1. The lowest BCUT2D eigenvalue weighted by Crippen LogP contribution is -2.48. The van der Waals surface area contributed by atoms with Crippen molar-refractivity contribution in [3.8, 4) is 10.6 Å². The van der Waals surface area contributed by atoms with Gasteiger partial charge in [-0.15, -0.1) is 11.3 Å². The Balaban J connectivity index is 1.42. The summed E-state index contributed by atoms with van der Waals surface area (Å²) in [5.74, 6) is -0.316. The van der Waals surface area contributed by atoms with Gasteiger partial charge < -0.3 is 9.80 Å². The van der Waals surface area contributed by atoms with Crippen LogP contribution >= 0.6 is 11.3 Å². The van der Waals surface area contributed by atoms with E-state index < -0.39 is 0 Å². The lowest BCUT2D eigenvalue weighted by molar-refractivity contribution is 0.0741. The molecule has 3 aromatic rings. The van der Waals surface area contributed by atoms with Crippen molar-refractivity contribution in [1.29, 1.82) is 0 Å². The summed E-state index contributed by atoms with van der Waals surface area (Å²) in [5.41, 5.74) is 3.16. The third-order valence-corrected chi connectivity index (χ3v) is 5.81. The Hall–Kier alpha value is -2.74. The number of piperazine rings is 1. The number of thiazole rings is 1. The van der Waals surface area contributed by atoms with Crippen LogP contribution in [-0.4, -0.2) is 52.2 Å². The lowest BCUT2D eigenvalue weighted by atomic mass is 10.2. The number of aryl methyl sites for hydroxylation is 2. The number of rotatable bonds is 3. The molecule has 6 nitrogen and oxygen atoms in total. The van der Waals surface area contributed by atoms with Crippen LogP contribution in [0, 0.1) is 19.7 Å². The molecule has 140 valence electrons. The molecule has 1 aliphatic rings. The van der Waals surface area contributed by atoms with Gasteiger partial charge in [0.25, 0.3) is 5.91 Å². The molecule has 0 aliphatic carbocycles. The summed E-state index contributed by atoms with van der Waals surface area (Å²) >= 11 is 1.59. The molecule has 1 aliphatic heterocycles. The minimum atomic E-state index is -0.242. The van der Waals surface area contributed by atoms with Crippen molar-refractivity contribution in [3.63, 3.8) is 0 Å². The average molecular weight is 385 g/mol. The van der Waals surface area contributed by atoms with Crippen molar-refractivity contribution in [2.24, 2.45) is 0 Å². The van der Waals surface area contributed by atoms with Crippen molar-refractivity contribution in [1.82, 2.24) is 20.1 Å². The molecule has 0 atom stereocenters. The van der Waals surface area contributed by atoms with Gasteiger partial charge in [0.05, 0.1) is 21.3 Å². The van der Waals surface area contributed by atoms with Crippen molar-refractivity contribution in [2.45, 2.75) is 13.8 Å². The van der Waals surface area contributed by atoms with Crippen molar-refractivity contribution < 1.29 is 9.18 Å². The highest BCUT2D eigenvalue weighted by atomic mass is 32.1. The second kappa shape index (κ2) is 7.11. The van der Waals surface area contributed by atoms with Gasteiger partial charge in [-0.3, -0.25) is 9.89 Å². The van der Waals surface area contributed by atoms with Crippen molar-refractivity contribution in [3.05, 3.63) is 52.5 Å². The SMILES string of the molecule is Cc1nc(C)c(-c2cc(C(=O)N3CCN(c4ccc(F)cc4)CC3)n[nH]2)s1. The number of nitrogens with one attached hydrogen (secondary N) is 1. The van der Waals surface area contributed by atoms with Crippen LogP contribution in [0.2, 0.25) is 0 Å². The first-order valence-electron chi connectivity index (χ1n) is 8.81. The summed E-state index contributed by atoms with van der Waals surface area (Å²) in [5, 5.41) is 8.16. The van der Waals surface area contributed by atoms with Crippen LogP contribution in [0.3, 0.4) is 0 Å². The van der Waals surface area contributed by atoms with E-state index in [9.17, 15) is 9.18 Å². The normalized spacial score (nSPS) is 14.6. The van der Waals surface area contributed by atoms with E-state index in [4.69, 9.17) is 0 Å². The highest BCUT2D eigenvalue weighted by Crippen LogP contribution is 2.28. The fourth-order valence-electron chi connectivity index (χ4n) is 3.31. The molecule has 4 rings (SSSR count). The molecule has 1 aromatic carbocycles. The zero-order valence-corrected chi connectivity index (χ0v) is 16.0. The third-order valence-electron chi connectivity index (χ3n) is 4.70. The van der Waals surface area contributed by atoms with E-state index >= 15 is 0 Å². The van der Waals surface area contributed by atoms with Crippen LogP contribution in [-0.2, 0) is 0 Å². The molecule has 0 saturated carbocycles. The second-order valence-electron chi connectivity index (χ2n) is 6.57. The monoisotopic (exact) mass is 385 g/mol. The zero-order valence-electron chi connectivity index (χ0n) is 15.2. The lowest BCUT2D eigenvalue weighted by Gasteiger charge is -2.35. The predicted octanol–water partition coefficient (Wildman–Crippen LogP) is 3.25. The van der Waals surface area contributed by atoms with Crippen LogP contribution in [0.1, 0.15) is 21.2 Å². The highest BCUT2D eigenvalue weighted by Gasteiger charge is 2.24. The van der Waals surface area contributed by atoms with Gasteiger partial charge in [0.2, 0.25) is 0 Å². The van der Waals surface area contributed by atoms with E-state index in [1.54, 1.807) is 29.5 Å². The Bertz CT molecular complexity index is 957. The van der Waals surface area contributed by atoms with Gasteiger partial charge in [-0.05, 0) is 44.2 Å². The predicted molar refractivity (Wildman–Crippen MR) is 104 cm³/mol. The van der Waals surface area contributed by atoms with Crippen LogP contribution in [0.4, 0.5) is 10.1 Å². The van der Waals surface area contributed by atoms with Gasteiger partial charge in [0, 0.05) is 31.9 Å². The Morgan fingerprint density at radius 2 is 1.85 bits per heavy atom. The maximum atomic E-state index is 13.1. The molecule has 1 saturated heterocycles.